The number of hydrogen-bond donors (Lipinski definition) is 0. The van der Waals surface area contributed by atoms with E-state index in [-0.39, 0.29) is 0 Å². The van der Waals surface area contributed by atoms with Gasteiger partial charge in [0.1, 0.15) is 0 Å². The van der Waals surface area contributed by atoms with E-state index < -0.39 is 0 Å². The summed E-state index contributed by atoms with van der Waals surface area (Å²) in [7, 11) is 0. The van der Waals surface area contributed by atoms with E-state index in [2.05, 4.69) is 20.8 Å². The van der Waals surface area contributed by atoms with Crippen LogP contribution in [0.4, 0.5) is 0 Å². The summed E-state index contributed by atoms with van der Waals surface area (Å²) in [6.45, 7) is 7.35. The van der Waals surface area contributed by atoms with Gasteiger partial charge in [0, 0.05) is 0 Å². The molecule has 3 atom stereocenters. The van der Waals surface area contributed by atoms with Gasteiger partial charge in [-0.2, -0.15) is 0 Å². The summed E-state index contributed by atoms with van der Waals surface area (Å²) < 4.78 is 0. The van der Waals surface area contributed by atoms with Crippen LogP contribution in [-0.4, -0.2) is 0 Å². The van der Waals surface area contributed by atoms with Gasteiger partial charge in [-0.15, -0.1) is 0 Å². The molecule has 0 saturated heterocycles. The normalized spacial score (nSPS) is 33.8. The molecule has 2 saturated carbocycles. The van der Waals surface area contributed by atoms with Crippen LogP contribution < -0.4 is 0 Å². The van der Waals surface area contributed by atoms with Crippen LogP contribution >= 0.6 is 0 Å². The van der Waals surface area contributed by atoms with Gasteiger partial charge in [-0.3, -0.25) is 0 Å². The lowest BCUT2D eigenvalue weighted by atomic mass is 9.69. The molecule has 0 heteroatoms. The predicted molar refractivity (Wildman–Crippen MR) is 71.4 cm³/mol. The highest BCUT2D eigenvalue weighted by Crippen LogP contribution is 2.41. The van der Waals surface area contributed by atoms with Crippen molar-refractivity contribution in [1.29, 1.82) is 0 Å². The van der Waals surface area contributed by atoms with Crippen LogP contribution in [0.25, 0.3) is 0 Å². The average molecular weight is 222 g/mol. The van der Waals surface area contributed by atoms with Crippen LogP contribution in [0.15, 0.2) is 0 Å². The van der Waals surface area contributed by atoms with E-state index in [0.717, 1.165) is 29.6 Å². The highest BCUT2D eigenvalue weighted by atomic mass is 14.3. The third-order valence-corrected chi connectivity index (χ3v) is 5.43. The molecule has 2 rings (SSSR count). The molecule has 0 aromatic carbocycles. The molecule has 2 aliphatic rings. The van der Waals surface area contributed by atoms with E-state index in [4.69, 9.17) is 0 Å². The molecule has 0 amide bonds. The maximum Gasteiger partial charge on any atom is -0.0388 e. The van der Waals surface area contributed by atoms with Crippen molar-refractivity contribution in [3.05, 3.63) is 0 Å². The SMILES string of the molecule is CC(C)C1CCCC(CC(C)C2CCC2)C1. The van der Waals surface area contributed by atoms with Crippen LogP contribution in [0, 0.1) is 29.6 Å². The Morgan fingerprint density at radius 1 is 0.875 bits per heavy atom. The lowest BCUT2D eigenvalue weighted by Gasteiger charge is -2.37. The van der Waals surface area contributed by atoms with E-state index >= 15 is 0 Å². The largest absolute Gasteiger partial charge is 0.0625 e. The maximum absolute atomic E-state index is 2.52. The van der Waals surface area contributed by atoms with Crippen LogP contribution in [0.5, 0.6) is 0 Å². The van der Waals surface area contributed by atoms with Gasteiger partial charge >= 0.3 is 0 Å². The summed E-state index contributed by atoms with van der Waals surface area (Å²) in [5.74, 6) is 5.13. The van der Waals surface area contributed by atoms with Gasteiger partial charge in [0.05, 0.1) is 0 Å². The van der Waals surface area contributed by atoms with Crippen molar-refractivity contribution in [3.8, 4) is 0 Å². The van der Waals surface area contributed by atoms with Gasteiger partial charge in [0.2, 0.25) is 0 Å². The molecular formula is C16H30. The molecule has 16 heavy (non-hydrogen) atoms. The summed E-state index contributed by atoms with van der Waals surface area (Å²) >= 11 is 0. The molecule has 0 spiro atoms. The Bertz CT molecular complexity index is 202. The first kappa shape index (κ1) is 12.5. The quantitative estimate of drug-likeness (QED) is 0.607. The molecule has 3 unspecified atom stereocenters. The van der Waals surface area contributed by atoms with Crippen LogP contribution in [0.1, 0.15) is 72.1 Å². The van der Waals surface area contributed by atoms with Crippen molar-refractivity contribution in [2.24, 2.45) is 29.6 Å². The fourth-order valence-corrected chi connectivity index (χ4v) is 3.88. The van der Waals surface area contributed by atoms with Crippen molar-refractivity contribution in [1.82, 2.24) is 0 Å². The Balaban J connectivity index is 1.75. The topological polar surface area (TPSA) is 0 Å². The van der Waals surface area contributed by atoms with Gasteiger partial charge in [0.25, 0.3) is 0 Å². The standard InChI is InChI=1S/C16H30/c1-12(2)16-9-4-6-14(11-16)10-13(3)15-7-5-8-15/h12-16H,4-11H2,1-3H3. The molecule has 0 N–H and O–H groups in total. The van der Waals surface area contributed by atoms with Gasteiger partial charge in [-0.25, -0.2) is 0 Å². The molecule has 0 radical (unpaired) electrons. The Morgan fingerprint density at radius 3 is 2.06 bits per heavy atom. The Labute approximate surface area is 102 Å². The molecule has 2 aliphatic carbocycles. The van der Waals surface area contributed by atoms with E-state index in [1.807, 2.05) is 0 Å². The molecule has 0 heterocycles. The summed E-state index contributed by atoms with van der Waals surface area (Å²) in [5.41, 5.74) is 0. The van der Waals surface area contributed by atoms with Gasteiger partial charge in [0.15, 0.2) is 0 Å². The summed E-state index contributed by atoms with van der Waals surface area (Å²) in [5, 5.41) is 0. The first-order valence-electron chi connectivity index (χ1n) is 7.66. The van der Waals surface area contributed by atoms with Crippen molar-refractivity contribution >= 4 is 0 Å². The third-order valence-electron chi connectivity index (χ3n) is 5.43. The molecule has 2 fully saturated rings. The van der Waals surface area contributed by atoms with E-state index in [1.165, 1.54) is 51.4 Å². The van der Waals surface area contributed by atoms with E-state index in [9.17, 15) is 0 Å². The van der Waals surface area contributed by atoms with Gasteiger partial charge < -0.3 is 0 Å². The molecule has 0 nitrogen and oxygen atoms in total. The molecule has 0 aromatic rings. The summed E-state index contributed by atoms with van der Waals surface area (Å²) in [6.07, 6.45) is 12.2. The Kier molecular flexibility index (Phi) is 4.33. The zero-order valence-electron chi connectivity index (χ0n) is 11.5. The average Bonchev–Trinajstić information content (AvgIpc) is 2.15. The third kappa shape index (κ3) is 3.02. The lowest BCUT2D eigenvalue weighted by molar-refractivity contribution is 0.144. The molecule has 0 bridgehead atoms. The smallest absolute Gasteiger partial charge is 0.0388 e. The Morgan fingerprint density at radius 2 is 1.50 bits per heavy atom. The number of hydrogen-bond acceptors (Lipinski definition) is 0. The van der Waals surface area contributed by atoms with Crippen LogP contribution in [0.2, 0.25) is 0 Å². The van der Waals surface area contributed by atoms with E-state index in [1.54, 1.807) is 0 Å². The van der Waals surface area contributed by atoms with Crippen molar-refractivity contribution in [2.45, 2.75) is 72.1 Å². The summed E-state index contributed by atoms with van der Waals surface area (Å²) in [4.78, 5) is 0. The highest BCUT2D eigenvalue weighted by Gasteiger charge is 2.29. The highest BCUT2D eigenvalue weighted by molar-refractivity contribution is 4.80. The Hall–Kier alpha value is 0. The second-order valence-electron chi connectivity index (χ2n) is 6.94. The lowest BCUT2D eigenvalue weighted by Crippen LogP contribution is -2.25. The second-order valence-corrected chi connectivity index (χ2v) is 6.94. The first-order chi connectivity index (χ1) is 7.66. The van der Waals surface area contributed by atoms with Crippen LogP contribution in [-0.2, 0) is 0 Å². The minimum Gasteiger partial charge on any atom is -0.0625 e. The molecule has 94 valence electrons. The van der Waals surface area contributed by atoms with Crippen molar-refractivity contribution < 1.29 is 0 Å². The van der Waals surface area contributed by atoms with Crippen LogP contribution in [0.3, 0.4) is 0 Å². The monoisotopic (exact) mass is 222 g/mol. The van der Waals surface area contributed by atoms with E-state index in [0.29, 0.717) is 0 Å². The molecule has 0 aliphatic heterocycles. The number of rotatable bonds is 4. The first-order valence-corrected chi connectivity index (χ1v) is 7.66. The molecule has 0 aromatic heterocycles. The summed E-state index contributed by atoms with van der Waals surface area (Å²) in [6, 6.07) is 0. The van der Waals surface area contributed by atoms with Gasteiger partial charge in [-0.05, 0) is 42.4 Å². The van der Waals surface area contributed by atoms with Crippen molar-refractivity contribution in [3.63, 3.8) is 0 Å². The van der Waals surface area contributed by atoms with Crippen molar-refractivity contribution in [2.75, 3.05) is 0 Å². The fourth-order valence-electron chi connectivity index (χ4n) is 3.88. The zero-order chi connectivity index (χ0) is 11.5. The molecular weight excluding hydrogens is 192 g/mol. The fraction of sp³-hybridized carbons (Fsp3) is 1.00. The minimum atomic E-state index is 0.918. The second kappa shape index (κ2) is 5.56. The predicted octanol–water partition coefficient (Wildman–Crippen LogP) is 5.28. The maximum atomic E-state index is 2.52. The zero-order valence-corrected chi connectivity index (χ0v) is 11.5. The minimum absolute atomic E-state index is 0.918. The van der Waals surface area contributed by atoms with Gasteiger partial charge in [-0.1, -0.05) is 59.3 Å².